The summed E-state index contributed by atoms with van der Waals surface area (Å²) in [5.41, 5.74) is 1.44. The average molecular weight is 227 g/mol. The summed E-state index contributed by atoms with van der Waals surface area (Å²) in [6.45, 7) is 1.60. The zero-order valence-electron chi connectivity index (χ0n) is 8.38. The number of aryl methyl sites for hydroxylation is 1. The zero-order chi connectivity index (χ0) is 11.3. The van der Waals surface area contributed by atoms with Crippen LogP contribution in [0.3, 0.4) is 0 Å². The number of thioether (sulfide) groups is 1. The van der Waals surface area contributed by atoms with Crippen molar-refractivity contribution in [2.75, 3.05) is 12.4 Å². The van der Waals surface area contributed by atoms with Gasteiger partial charge >= 0.3 is 0 Å². The van der Waals surface area contributed by atoms with Gasteiger partial charge in [0, 0.05) is 17.5 Å². The summed E-state index contributed by atoms with van der Waals surface area (Å²) in [6.07, 6.45) is 1.51. The lowest BCUT2D eigenvalue weighted by atomic mass is 10.2. The van der Waals surface area contributed by atoms with E-state index in [1.165, 1.54) is 18.0 Å². The number of hydrogen-bond donors (Lipinski definition) is 2. The minimum Gasteiger partial charge on any atom is -0.394 e. The number of hydrogen-bond acceptors (Lipinski definition) is 5. The molecule has 1 unspecified atom stereocenters. The van der Waals surface area contributed by atoms with E-state index in [1.54, 1.807) is 6.07 Å². The van der Waals surface area contributed by atoms with Gasteiger partial charge in [-0.15, -0.1) is 11.8 Å². The molecule has 2 N–H and O–H groups in total. The topological polar surface area (TPSA) is 70.4 Å². The molecule has 4 nitrogen and oxygen atoms in total. The Kier molecular flexibility index (Phi) is 4.74. The van der Waals surface area contributed by atoms with Gasteiger partial charge in [-0.05, 0) is 18.6 Å². The van der Waals surface area contributed by atoms with Gasteiger partial charge in [0.2, 0.25) is 0 Å². The summed E-state index contributed by atoms with van der Waals surface area (Å²) in [4.78, 5) is 14.6. The number of nitrogens with zero attached hydrogens (tertiary/aromatic N) is 1. The second kappa shape index (κ2) is 5.85. The molecule has 0 radical (unpaired) electrons. The molecule has 0 saturated heterocycles. The standard InChI is InChI=1S/C10H13NO3S/c1-7-2-8(4-12)3-11-10(7)15-6-9(14)5-13/h2-4,9,13-14H,5-6H2,1H3. The van der Waals surface area contributed by atoms with Gasteiger partial charge in [-0.1, -0.05) is 0 Å². The van der Waals surface area contributed by atoms with Gasteiger partial charge in [-0.2, -0.15) is 0 Å². The van der Waals surface area contributed by atoms with Gasteiger partial charge in [0.25, 0.3) is 0 Å². The second-order valence-corrected chi connectivity index (χ2v) is 4.16. The van der Waals surface area contributed by atoms with Crippen LogP contribution in [0.25, 0.3) is 0 Å². The van der Waals surface area contributed by atoms with Crippen LogP contribution in [0, 0.1) is 6.92 Å². The van der Waals surface area contributed by atoms with E-state index in [1.807, 2.05) is 6.92 Å². The molecule has 1 aromatic rings. The highest BCUT2D eigenvalue weighted by Gasteiger charge is 2.06. The van der Waals surface area contributed by atoms with Crippen molar-refractivity contribution in [1.29, 1.82) is 0 Å². The average Bonchev–Trinajstić information content (AvgIpc) is 2.26. The molecule has 5 heteroatoms. The third-order valence-electron chi connectivity index (χ3n) is 1.81. The molecule has 0 spiro atoms. The van der Waals surface area contributed by atoms with Gasteiger partial charge in [0.05, 0.1) is 17.7 Å². The van der Waals surface area contributed by atoms with Crippen LogP contribution in [0.15, 0.2) is 17.3 Å². The molecule has 1 atom stereocenters. The summed E-state index contributed by atoms with van der Waals surface area (Å²) in [5, 5.41) is 18.6. The Morgan fingerprint density at radius 3 is 2.93 bits per heavy atom. The zero-order valence-corrected chi connectivity index (χ0v) is 9.20. The predicted molar refractivity (Wildman–Crippen MR) is 58.2 cm³/mol. The van der Waals surface area contributed by atoms with Crippen LogP contribution in [0.2, 0.25) is 0 Å². The molecule has 0 aromatic carbocycles. The first-order chi connectivity index (χ1) is 7.17. The fourth-order valence-corrected chi connectivity index (χ4v) is 1.90. The first-order valence-corrected chi connectivity index (χ1v) is 5.49. The first kappa shape index (κ1) is 12.2. The third kappa shape index (κ3) is 3.62. The van der Waals surface area contributed by atoms with Crippen LogP contribution in [0.1, 0.15) is 15.9 Å². The monoisotopic (exact) mass is 227 g/mol. The van der Waals surface area contributed by atoms with Gasteiger partial charge in [-0.3, -0.25) is 4.79 Å². The van der Waals surface area contributed by atoms with E-state index in [9.17, 15) is 4.79 Å². The summed E-state index contributed by atoms with van der Waals surface area (Å²) in [5.74, 6) is 0.394. The fourth-order valence-electron chi connectivity index (χ4n) is 1.03. The maximum atomic E-state index is 10.5. The Bertz CT molecular complexity index is 343. The number of rotatable bonds is 5. The Labute approximate surface area is 92.3 Å². The Hall–Kier alpha value is -0.910. The van der Waals surface area contributed by atoms with Gasteiger partial charge < -0.3 is 10.2 Å². The lowest BCUT2D eigenvalue weighted by Crippen LogP contribution is -2.14. The van der Waals surface area contributed by atoms with Crippen molar-refractivity contribution >= 4 is 18.0 Å². The second-order valence-electron chi connectivity index (χ2n) is 3.16. The van der Waals surface area contributed by atoms with Crippen LogP contribution in [0.4, 0.5) is 0 Å². The minimum absolute atomic E-state index is 0.252. The largest absolute Gasteiger partial charge is 0.394 e. The van der Waals surface area contributed by atoms with Crippen molar-refractivity contribution in [3.63, 3.8) is 0 Å². The number of pyridine rings is 1. The normalized spacial score (nSPS) is 12.5. The van der Waals surface area contributed by atoms with Crippen LogP contribution in [-0.4, -0.2) is 39.9 Å². The van der Waals surface area contributed by atoms with Crippen molar-refractivity contribution in [2.24, 2.45) is 0 Å². The van der Waals surface area contributed by atoms with Crippen molar-refractivity contribution in [1.82, 2.24) is 4.98 Å². The van der Waals surface area contributed by atoms with Crippen molar-refractivity contribution < 1.29 is 15.0 Å². The van der Waals surface area contributed by atoms with E-state index in [0.29, 0.717) is 11.3 Å². The van der Waals surface area contributed by atoms with Gasteiger partial charge in [-0.25, -0.2) is 4.98 Å². The summed E-state index contributed by atoms with van der Waals surface area (Å²) < 4.78 is 0. The highest BCUT2D eigenvalue weighted by molar-refractivity contribution is 7.99. The quantitative estimate of drug-likeness (QED) is 0.571. The Balaban J connectivity index is 2.65. The SMILES string of the molecule is Cc1cc(C=O)cnc1SCC(O)CO. The maximum Gasteiger partial charge on any atom is 0.151 e. The number of aldehydes is 1. The highest BCUT2D eigenvalue weighted by Crippen LogP contribution is 2.20. The molecule has 0 amide bonds. The summed E-state index contributed by atoms with van der Waals surface area (Å²) in [7, 11) is 0. The number of carbonyl (C=O) groups is 1. The fraction of sp³-hybridized carbons (Fsp3) is 0.400. The van der Waals surface area contributed by atoms with Gasteiger partial charge in [0.15, 0.2) is 6.29 Å². The number of carbonyl (C=O) groups excluding carboxylic acids is 1. The third-order valence-corrected chi connectivity index (χ3v) is 3.06. The molecule has 0 aliphatic carbocycles. The molecule has 1 heterocycles. The van der Waals surface area contributed by atoms with Crippen molar-refractivity contribution in [3.8, 4) is 0 Å². The van der Waals surface area contributed by atoms with Crippen molar-refractivity contribution in [2.45, 2.75) is 18.1 Å². The van der Waals surface area contributed by atoms with E-state index in [0.717, 1.165) is 16.9 Å². The van der Waals surface area contributed by atoms with Crippen LogP contribution < -0.4 is 0 Å². The molecular weight excluding hydrogens is 214 g/mol. The van der Waals surface area contributed by atoms with Crippen molar-refractivity contribution in [3.05, 3.63) is 23.4 Å². The van der Waals surface area contributed by atoms with E-state index in [-0.39, 0.29) is 6.61 Å². The van der Waals surface area contributed by atoms with E-state index >= 15 is 0 Å². The Morgan fingerprint density at radius 1 is 1.67 bits per heavy atom. The van der Waals surface area contributed by atoms with Crippen LogP contribution in [0.5, 0.6) is 0 Å². The Morgan fingerprint density at radius 2 is 2.40 bits per heavy atom. The van der Waals surface area contributed by atoms with Crippen LogP contribution >= 0.6 is 11.8 Å². The number of aromatic nitrogens is 1. The first-order valence-electron chi connectivity index (χ1n) is 4.51. The lowest BCUT2D eigenvalue weighted by Gasteiger charge is -2.07. The minimum atomic E-state index is -0.734. The molecular formula is C10H13NO3S. The molecule has 1 aromatic heterocycles. The molecule has 0 aliphatic heterocycles. The maximum absolute atomic E-state index is 10.5. The van der Waals surface area contributed by atoms with E-state index in [4.69, 9.17) is 10.2 Å². The lowest BCUT2D eigenvalue weighted by molar-refractivity contribution is 0.112. The smallest absolute Gasteiger partial charge is 0.151 e. The molecule has 82 valence electrons. The molecule has 15 heavy (non-hydrogen) atoms. The summed E-state index contributed by atoms with van der Waals surface area (Å²) in [6, 6.07) is 1.74. The van der Waals surface area contributed by atoms with Crippen LogP contribution in [-0.2, 0) is 0 Å². The highest BCUT2D eigenvalue weighted by atomic mass is 32.2. The molecule has 0 saturated carbocycles. The number of aliphatic hydroxyl groups is 2. The predicted octanol–water partition coefficient (Wildman–Crippen LogP) is 0.648. The number of aliphatic hydroxyl groups excluding tert-OH is 2. The molecule has 0 fully saturated rings. The van der Waals surface area contributed by atoms with E-state index in [2.05, 4.69) is 4.98 Å². The van der Waals surface area contributed by atoms with E-state index < -0.39 is 6.10 Å². The molecule has 1 rings (SSSR count). The molecule has 0 aliphatic rings. The molecule has 0 bridgehead atoms. The summed E-state index contributed by atoms with van der Waals surface area (Å²) >= 11 is 1.36. The van der Waals surface area contributed by atoms with Gasteiger partial charge in [0.1, 0.15) is 0 Å².